The normalized spacial score (nSPS) is 16.4. The van der Waals surface area contributed by atoms with Gasteiger partial charge in [-0.1, -0.05) is 23.2 Å². The molecule has 18 heavy (non-hydrogen) atoms. The van der Waals surface area contributed by atoms with Crippen LogP contribution in [0, 0.1) is 15.5 Å². The van der Waals surface area contributed by atoms with Gasteiger partial charge in [-0.2, -0.15) is 0 Å². The summed E-state index contributed by atoms with van der Waals surface area (Å²) < 4.78 is 0. The Morgan fingerprint density at radius 1 is 1.39 bits per heavy atom. The van der Waals surface area contributed by atoms with Crippen molar-refractivity contribution in [3.05, 3.63) is 32.3 Å². The lowest BCUT2D eigenvalue weighted by Crippen LogP contribution is -2.19. The van der Waals surface area contributed by atoms with Gasteiger partial charge < -0.3 is 10.4 Å². The fourth-order valence-corrected chi connectivity index (χ4v) is 2.29. The number of hydrogen-bond donors (Lipinski definition) is 2. The minimum absolute atomic E-state index is 0.0889. The van der Waals surface area contributed by atoms with Crippen LogP contribution in [-0.2, 0) is 0 Å². The molecule has 1 aliphatic rings. The van der Waals surface area contributed by atoms with Gasteiger partial charge in [0.15, 0.2) is 0 Å². The number of hydrogen-bond acceptors (Lipinski definition) is 4. The van der Waals surface area contributed by atoms with Crippen molar-refractivity contribution >= 4 is 34.6 Å². The van der Waals surface area contributed by atoms with Crippen LogP contribution in [0.4, 0.5) is 11.4 Å². The first-order chi connectivity index (χ1) is 8.47. The molecule has 0 spiro atoms. The van der Waals surface area contributed by atoms with E-state index in [0.717, 1.165) is 12.8 Å². The van der Waals surface area contributed by atoms with E-state index < -0.39 is 4.92 Å². The molecule has 1 saturated carbocycles. The average molecular weight is 291 g/mol. The van der Waals surface area contributed by atoms with Crippen LogP contribution in [0.15, 0.2) is 12.1 Å². The Morgan fingerprint density at radius 3 is 2.33 bits per heavy atom. The van der Waals surface area contributed by atoms with Crippen LogP contribution in [0.5, 0.6) is 0 Å². The third-order valence-electron chi connectivity index (χ3n) is 3.17. The number of halogens is 2. The number of nitro groups is 1. The number of nitrogens with one attached hydrogen (secondary N) is 1. The van der Waals surface area contributed by atoms with E-state index in [4.69, 9.17) is 23.2 Å². The first-order valence-electron chi connectivity index (χ1n) is 5.46. The van der Waals surface area contributed by atoms with Gasteiger partial charge in [0.25, 0.3) is 5.69 Å². The minimum Gasteiger partial charge on any atom is -0.396 e. The van der Waals surface area contributed by atoms with Crippen LogP contribution in [0.1, 0.15) is 12.8 Å². The van der Waals surface area contributed by atoms with E-state index >= 15 is 0 Å². The maximum Gasteiger partial charge on any atom is 0.272 e. The van der Waals surface area contributed by atoms with Crippen molar-refractivity contribution in [1.29, 1.82) is 0 Å². The van der Waals surface area contributed by atoms with Gasteiger partial charge in [0.05, 0.1) is 27.3 Å². The van der Waals surface area contributed by atoms with Crippen LogP contribution in [0.25, 0.3) is 0 Å². The fraction of sp³-hybridized carbons (Fsp3) is 0.455. The second kappa shape index (κ2) is 4.91. The molecular formula is C11H12Cl2N2O3. The molecule has 0 atom stereocenters. The third-order valence-corrected chi connectivity index (χ3v) is 3.77. The molecule has 7 heteroatoms. The summed E-state index contributed by atoms with van der Waals surface area (Å²) in [6.45, 7) is 0.670. The molecule has 2 rings (SSSR count). The van der Waals surface area contributed by atoms with E-state index in [1.54, 1.807) is 0 Å². The van der Waals surface area contributed by atoms with Crippen LogP contribution >= 0.6 is 23.2 Å². The summed E-state index contributed by atoms with van der Waals surface area (Å²) in [7, 11) is 0. The molecule has 0 aliphatic heterocycles. The molecule has 1 fully saturated rings. The van der Waals surface area contributed by atoms with Crippen molar-refractivity contribution in [2.45, 2.75) is 12.8 Å². The number of aliphatic hydroxyl groups excluding tert-OH is 1. The molecule has 0 radical (unpaired) electrons. The van der Waals surface area contributed by atoms with Crippen molar-refractivity contribution in [3.8, 4) is 0 Å². The number of aliphatic hydroxyl groups is 1. The summed E-state index contributed by atoms with van der Waals surface area (Å²) in [5.74, 6) is 0. The highest BCUT2D eigenvalue weighted by Gasteiger charge is 2.41. The van der Waals surface area contributed by atoms with Crippen molar-refractivity contribution in [1.82, 2.24) is 0 Å². The van der Waals surface area contributed by atoms with Crippen molar-refractivity contribution < 1.29 is 10.0 Å². The fourth-order valence-electron chi connectivity index (χ4n) is 1.68. The molecule has 1 aromatic carbocycles. The van der Waals surface area contributed by atoms with Gasteiger partial charge in [-0.3, -0.25) is 10.1 Å². The Labute approximate surface area is 114 Å². The standard InChI is InChI=1S/C11H12Cl2N2O3/c12-8-3-7(15(17)18)4-9(13)10(8)14-5-11(6-16)1-2-11/h3-4,14,16H,1-2,5-6H2. The van der Waals surface area contributed by atoms with E-state index in [0.29, 0.717) is 12.2 Å². The van der Waals surface area contributed by atoms with Crippen molar-refractivity contribution in [2.24, 2.45) is 5.41 Å². The maximum absolute atomic E-state index is 10.6. The summed E-state index contributed by atoms with van der Waals surface area (Å²) in [6, 6.07) is 2.52. The lowest BCUT2D eigenvalue weighted by Gasteiger charge is -2.15. The zero-order valence-electron chi connectivity index (χ0n) is 9.45. The molecule has 1 aromatic rings. The Morgan fingerprint density at radius 2 is 1.94 bits per heavy atom. The van der Waals surface area contributed by atoms with Crippen LogP contribution in [0.3, 0.4) is 0 Å². The van der Waals surface area contributed by atoms with Crippen LogP contribution in [-0.4, -0.2) is 23.2 Å². The zero-order chi connectivity index (χ0) is 13.3. The monoisotopic (exact) mass is 290 g/mol. The van der Waals surface area contributed by atoms with Crippen LogP contribution < -0.4 is 5.32 Å². The molecule has 2 N–H and O–H groups in total. The van der Waals surface area contributed by atoms with Gasteiger partial charge in [0.2, 0.25) is 0 Å². The molecule has 0 heterocycles. The molecule has 0 bridgehead atoms. The van der Waals surface area contributed by atoms with Gasteiger partial charge in [-0.15, -0.1) is 0 Å². The molecular weight excluding hydrogens is 279 g/mol. The molecule has 1 aliphatic carbocycles. The second-order valence-corrected chi connectivity index (χ2v) is 5.37. The lowest BCUT2D eigenvalue weighted by atomic mass is 10.1. The Balaban J connectivity index is 2.15. The summed E-state index contributed by atoms with van der Waals surface area (Å²) in [6.07, 6.45) is 1.91. The number of benzene rings is 1. The quantitative estimate of drug-likeness (QED) is 0.645. The second-order valence-electron chi connectivity index (χ2n) is 4.55. The molecule has 0 aromatic heterocycles. The SMILES string of the molecule is O=[N+]([O-])c1cc(Cl)c(NCC2(CO)CC2)c(Cl)c1. The maximum atomic E-state index is 10.6. The average Bonchev–Trinajstić information content (AvgIpc) is 3.08. The molecule has 5 nitrogen and oxygen atoms in total. The summed E-state index contributed by atoms with van der Waals surface area (Å²) in [5, 5.41) is 23.3. The van der Waals surface area contributed by atoms with Crippen molar-refractivity contribution in [2.75, 3.05) is 18.5 Å². The Hall–Kier alpha value is -1.04. The predicted molar refractivity (Wildman–Crippen MR) is 70.4 cm³/mol. The molecule has 0 unspecified atom stereocenters. The Bertz CT molecular complexity index is 466. The van der Waals surface area contributed by atoms with Gasteiger partial charge in [0, 0.05) is 24.1 Å². The highest BCUT2D eigenvalue weighted by atomic mass is 35.5. The number of rotatable bonds is 5. The molecule has 98 valence electrons. The third kappa shape index (κ3) is 2.68. The van der Waals surface area contributed by atoms with E-state index in [9.17, 15) is 15.2 Å². The smallest absolute Gasteiger partial charge is 0.272 e. The highest BCUT2D eigenvalue weighted by Crippen LogP contribution is 2.46. The topological polar surface area (TPSA) is 75.4 Å². The van der Waals surface area contributed by atoms with Crippen LogP contribution in [0.2, 0.25) is 10.0 Å². The number of anilines is 1. The predicted octanol–water partition coefficient (Wildman–Crippen LogP) is 3.09. The molecule has 0 amide bonds. The van der Waals surface area contributed by atoms with E-state index in [-0.39, 0.29) is 27.8 Å². The van der Waals surface area contributed by atoms with E-state index in [1.807, 2.05) is 0 Å². The first-order valence-corrected chi connectivity index (χ1v) is 6.21. The highest BCUT2D eigenvalue weighted by molar-refractivity contribution is 6.39. The lowest BCUT2D eigenvalue weighted by molar-refractivity contribution is -0.384. The molecule has 0 saturated heterocycles. The van der Waals surface area contributed by atoms with Gasteiger partial charge in [0.1, 0.15) is 0 Å². The van der Waals surface area contributed by atoms with E-state index in [2.05, 4.69) is 5.32 Å². The van der Waals surface area contributed by atoms with Gasteiger partial charge in [-0.05, 0) is 12.8 Å². The number of nitro benzene ring substituents is 1. The summed E-state index contributed by atoms with van der Waals surface area (Å²) in [5.41, 5.74) is 0.247. The first kappa shape index (κ1) is 13.4. The minimum atomic E-state index is -0.544. The van der Waals surface area contributed by atoms with Gasteiger partial charge >= 0.3 is 0 Å². The van der Waals surface area contributed by atoms with E-state index in [1.165, 1.54) is 12.1 Å². The summed E-state index contributed by atoms with van der Waals surface area (Å²) >= 11 is 11.9. The largest absolute Gasteiger partial charge is 0.396 e. The number of nitrogens with zero attached hydrogens (tertiary/aromatic N) is 1. The van der Waals surface area contributed by atoms with Crippen molar-refractivity contribution in [3.63, 3.8) is 0 Å². The number of non-ortho nitro benzene ring substituents is 1. The summed E-state index contributed by atoms with van der Waals surface area (Å²) in [4.78, 5) is 10.1. The van der Waals surface area contributed by atoms with Gasteiger partial charge in [-0.25, -0.2) is 0 Å². The Kier molecular flexibility index (Phi) is 3.66. The zero-order valence-corrected chi connectivity index (χ0v) is 11.0.